The van der Waals surface area contributed by atoms with Gasteiger partial charge in [0.05, 0.1) is 0 Å². The van der Waals surface area contributed by atoms with E-state index in [-0.39, 0.29) is 11.1 Å². The average Bonchev–Trinajstić information content (AvgIpc) is 2.37. The second-order valence-electron chi connectivity index (χ2n) is 3.72. The molecule has 20 heavy (non-hydrogen) atoms. The Bertz CT molecular complexity index is 413. The first kappa shape index (κ1) is 17.4. The highest BCUT2D eigenvalue weighted by Crippen LogP contribution is 1.88. The fraction of sp³-hybridized carbons (Fsp3) is 0.333. The predicted octanol–water partition coefficient (Wildman–Crippen LogP) is -0.628. The monoisotopic (exact) mass is 284 g/mol. The van der Waals surface area contributed by atoms with Crippen LogP contribution in [0, 0.1) is 0 Å². The molecule has 0 saturated carbocycles. The third-order valence-corrected chi connectivity index (χ3v) is 1.81. The lowest BCUT2D eigenvalue weighted by Crippen LogP contribution is -2.33. The van der Waals surface area contributed by atoms with Gasteiger partial charge in [-0.05, 0) is 13.8 Å². The first-order valence-corrected chi connectivity index (χ1v) is 5.47. The third kappa shape index (κ3) is 6.94. The molecule has 0 aliphatic carbocycles. The molecule has 2 N–H and O–H groups in total. The quantitative estimate of drug-likeness (QED) is 0.291. The van der Waals surface area contributed by atoms with E-state index in [2.05, 4.69) is 33.3 Å². The Kier molecular flexibility index (Phi) is 7.34. The molecule has 0 aromatic rings. The second-order valence-corrected chi connectivity index (χ2v) is 3.72. The molecular formula is C12H16N2O6. The van der Waals surface area contributed by atoms with E-state index in [0.717, 1.165) is 0 Å². The molecule has 2 amide bonds. The van der Waals surface area contributed by atoms with E-state index in [0.29, 0.717) is 0 Å². The van der Waals surface area contributed by atoms with Gasteiger partial charge in [-0.2, -0.15) is 0 Å². The van der Waals surface area contributed by atoms with Crippen LogP contribution in [0.3, 0.4) is 0 Å². The van der Waals surface area contributed by atoms with Gasteiger partial charge >= 0.3 is 11.9 Å². The summed E-state index contributed by atoms with van der Waals surface area (Å²) in [6.07, 6.45) is 0. The Hall–Kier alpha value is -2.64. The van der Waals surface area contributed by atoms with Gasteiger partial charge in [0.25, 0.3) is 0 Å². The van der Waals surface area contributed by atoms with Crippen molar-refractivity contribution >= 4 is 23.8 Å². The van der Waals surface area contributed by atoms with Crippen molar-refractivity contribution in [2.24, 2.45) is 0 Å². The number of carbonyl (C=O) groups excluding carboxylic acids is 4. The maximum absolute atomic E-state index is 11.1. The molecular weight excluding hydrogens is 268 g/mol. The Morgan fingerprint density at radius 1 is 0.800 bits per heavy atom. The lowest BCUT2D eigenvalue weighted by atomic mass is 10.3. The van der Waals surface area contributed by atoms with Crippen LogP contribution in [-0.4, -0.2) is 37.2 Å². The van der Waals surface area contributed by atoms with Crippen molar-refractivity contribution in [3.63, 3.8) is 0 Å². The fourth-order valence-electron chi connectivity index (χ4n) is 0.754. The molecule has 0 spiro atoms. The van der Waals surface area contributed by atoms with E-state index in [1.54, 1.807) is 0 Å². The molecule has 110 valence electrons. The summed E-state index contributed by atoms with van der Waals surface area (Å²) in [7, 11) is 0. The van der Waals surface area contributed by atoms with Crippen molar-refractivity contribution in [1.82, 2.24) is 10.6 Å². The zero-order chi connectivity index (χ0) is 15.7. The van der Waals surface area contributed by atoms with Crippen molar-refractivity contribution in [3.8, 4) is 0 Å². The number of nitrogens with one attached hydrogen (secondary N) is 2. The normalized spacial score (nSPS) is 9.10. The highest BCUT2D eigenvalue weighted by Gasteiger charge is 2.17. The number of rotatable bonds is 6. The van der Waals surface area contributed by atoms with Crippen molar-refractivity contribution in [2.75, 3.05) is 13.5 Å². The number of esters is 2. The molecule has 0 atom stereocenters. The van der Waals surface area contributed by atoms with Gasteiger partial charge in [-0.1, -0.05) is 13.2 Å². The molecule has 0 fully saturated rings. The van der Waals surface area contributed by atoms with Crippen LogP contribution in [0.2, 0.25) is 0 Å². The second kappa shape index (κ2) is 8.46. The van der Waals surface area contributed by atoms with Gasteiger partial charge in [-0.3, -0.25) is 9.59 Å². The summed E-state index contributed by atoms with van der Waals surface area (Å²) in [5.74, 6) is -3.62. The lowest BCUT2D eigenvalue weighted by Gasteiger charge is -2.07. The van der Waals surface area contributed by atoms with E-state index in [4.69, 9.17) is 0 Å². The molecule has 0 aliphatic heterocycles. The molecule has 0 heterocycles. The molecule has 0 unspecified atom stereocenters. The minimum absolute atomic E-state index is 0.228. The Morgan fingerprint density at radius 3 is 1.35 bits per heavy atom. The Labute approximate surface area is 115 Å². The maximum Gasteiger partial charge on any atom is 0.419 e. The van der Waals surface area contributed by atoms with Gasteiger partial charge in [0.15, 0.2) is 13.5 Å². The summed E-state index contributed by atoms with van der Waals surface area (Å²) >= 11 is 0. The van der Waals surface area contributed by atoms with Crippen LogP contribution in [0.5, 0.6) is 0 Å². The lowest BCUT2D eigenvalue weighted by molar-refractivity contribution is -0.169. The molecule has 8 nitrogen and oxygen atoms in total. The minimum atomic E-state index is -1.29. The molecule has 0 radical (unpaired) electrons. The highest BCUT2D eigenvalue weighted by atomic mass is 16.6. The zero-order valence-electron chi connectivity index (χ0n) is 11.3. The van der Waals surface area contributed by atoms with E-state index in [9.17, 15) is 19.2 Å². The largest absolute Gasteiger partial charge is 0.436 e. The summed E-state index contributed by atoms with van der Waals surface area (Å²) in [6, 6.07) is 0. The van der Waals surface area contributed by atoms with Crippen molar-refractivity contribution in [3.05, 3.63) is 24.3 Å². The van der Waals surface area contributed by atoms with Gasteiger partial charge in [-0.25, -0.2) is 9.59 Å². The number of carbonyl (C=O) groups is 4. The topological polar surface area (TPSA) is 111 Å². The molecule has 0 aromatic carbocycles. The zero-order valence-corrected chi connectivity index (χ0v) is 11.3. The van der Waals surface area contributed by atoms with Gasteiger partial charge < -0.3 is 20.1 Å². The molecule has 0 rings (SSSR count). The van der Waals surface area contributed by atoms with Crippen LogP contribution in [0.15, 0.2) is 24.3 Å². The first-order chi connectivity index (χ1) is 9.25. The Balaban J connectivity index is 3.91. The van der Waals surface area contributed by atoms with Gasteiger partial charge in [-0.15, -0.1) is 0 Å². The van der Waals surface area contributed by atoms with Gasteiger partial charge in [0.1, 0.15) is 0 Å². The molecule has 0 aliphatic rings. The van der Waals surface area contributed by atoms with Crippen molar-refractivity contribution in [1.29, 1.82) is 0 Å². The molecule has 0 bridgehead atoms. The Morgan fingerprint density at radius 2 is 1.10 bits per heavy atom. The smallest absolute Gasteiger partial charge is 0.419 e. The van der Waals surface area contributed by atoms with Crippen LogP contribution in [0.25, 0.3) is 0 Å². The first-order valence-electron chi connectivity index (χ1n) is 5.47. The van der Waals surface area contributed by atoms with Crippen LogP contribution in [0.4, 0.5) is 0 Å². The number of hydrogen-bond donors (Lipinski definition) is 2. The highest BCUT2D eigenvalue weighted by molar-refractivity contribution is 6.29. The van der Waals surface area contributed by atoms with Crippen LogP contribution < -0.4 is 10.6 Å². The van der Waals surface area contributed by atoms with E-state index in [1.807, 2.05) is 0 Å². The fourth-order valence-corrected chi connectivity index (χ4v) is 0.754. The average molecular weight is 284 g/mol. The number of amides is 2. The maximum atomic E-state index is 11.1. The standard InChI is InChI=1S/C12H16N2O6/c1-7(2)9(15)13-5-19-11(17)12(18)20-6-14-10(16)8(3)4/h1,3,5-6H2,2,4H3,(H,13,15)(H,14,16). The van der Waals surface area contributed by atoms with Crippen LogP contribution in [0.1, 0.15) is 13.8 Å². The number of ether oxygens (including phenoxy) is 2. The van der Waals surface area contributed by atoms with E-state index < -0.39 is 37.2 Å². The van der Waals surface area contributed by atoms with Crippen molar-refractivity contribution in [2.45, 2.75) is 13.8 Å². The minimum Gasteiger partial charge on any atom is -0.436 e. The molecule has 8 heteroatoms. The third-order valence-electron chi connectivity index (χ3n) is 1.81. The summed E-state index contributed by atoms with van der Waals surface area (Å²) < 4.78 is 8.83. The van der Waals surface area contributed by atoms with Crippen molar-refractivity contribution < 1.29 is 28.7 Å². The SMILES string of the molecule is C=C(C)C(=O)NCOC(=O)C(=O)OCNC(=O)C(=C)C. The predicted molar refractivity (Wildman–Crippen MR) is 67.8 cm³/mol. The van der Waals surface area contributed by atoms with E-state index in [1.165, 1.54) is 13.8 Å². The summed E-state index contributed by atoms with van der Waals surface area (Å²) in [5, 5.41) is 4.37. The summed E-state index contributed by atoms with van der Waals surface area (Å²) in [5.41, 5.74) is 0.456. The number of hydrogen-bond acceptors (Lipinski definition) is 6. The van der Waals surface area contributed by atoms with Crippen LogP contribution in [-0.2, 0) is 28.7 Å². The summed E-state index contributed by atoms with van der Waals surface area (Å²) in [6.45, 7) is 8.69. The van der Waals surface area contributed by atoms with Crippen LogP contribution >= 0.6 is 0 Å². The van der Waals surface area contributed by atoms with E-state index >= 15 is 0 Å². The van der Waals surface area contributed by atoms with Gasteiger partial charge in [0, 0.05) is 11.1 Å². The van der Waals surface area contributed by atoms with Gasteiger partial charge in [0.2, 0.25) is 11.8 Å². The summed E-state index contributed by atoms with van der Waals surface area (Å²) in [4.78, 5) is 44.3. The molecule has 0 saturated heterocycles. The molecule has 0 aromatic heterocycles.